The molecule has 0 aliphatic carbocycles. The lowest BCUT2D eigenvalue weighted by molar-refractivity contribution is -0.302. The fourth-order valence-corrected chi connectivity index (χ4v) is 6.15. The Morgan fingerprint density at radius 2 is 1.17 bits per heavy atom. The van der Waals surface area contributed by atoms with Gasteiger partial charge in [0.2, 0.25) is 5.91 Å². The molecule has 0 aromatic rings. The summed E-state index contributed by atoms with van der Waals surface area (Å²) in [6.07, 6.45) is 23.9. The molecule has 278 valence electrons. The van der Waals surface area contributed by atoms with E-state index >= 15 is 0 Å². The standard InChI is InChI=1S/C38H73NO8/c1-3-5-7-9-11-13-15-16-17-18-19-21-23-25-27-32(41)31(30-46-38-37(45)36(44)35(43)33(29-40)47-38)39-34(42)28-26-24-22-20-14-12-10-8-6-4-2/h25,27,31-33,35-38,40-41,43-45H,3-24,26,28-30H2,1-2H3,(H,39,42)/b27-25+. The van der Waals surface area contributed by atoms with E-state index < -0.39 is 49.5 Å². The molecule has 7 unspecified atom stereocenters. The van der Waals surface area contributed by atoms with Gasteiger partial charge in [-0.2, -0.15) is 0 Å². The molecule has 7 atom stereocenters. The van der Waals surface area contributed by atoms with E-state index in [1.807, 2.05) is 6.08 Å². The number of carbonyl (C=O) groups excluding carboxylic acids is 1. The Labute approximate surface area is 286 Å². The van der Waals surface area contributed by atoms with Crippen LogP contribution >= 0.6 is 0 Å². The second-order valence-electron chi connectivity index (χ2n) is 13.7. The third-order valence-electron chi connectivity index (χ3n) is 9.36. The molecule has 47 heavy (non-hydrogen) atoms. The number of amides is 1. The zero-order chi connectivity index (χ0) is 34.5. The van der Waals surface area contributed by atoms with Gasteiger partial charge in [0.15, 0.2) is 6.29 Å². The largest absolute Gasteiger partial charge is 0.394 e. The normalized spacial score (nSPS) is 22.9. The molecule has 0 spiro atoms. The zero-order valence-corrected chi connectivity index (χ0v) is 30.0. The number of ether oxygens (including phenoxy) is 2. The van der Waals surface area contributed by atoms with Crippen LogP contribution in [0, 0.1) is 0 Å². The Morgan fingerprint density at radius 1 is 0.702 bits per heavy atom. The van der Waals surface area contributed by atoms with Crippen molar-refractivity contribution in [3.63, 3.8) is 0 Å². The van der Waals surface area contributed by atoms with E-state index in [-0.39, 0.29) is 12.5 Å². The van der Waals surface area contributed by atoms with Gasteiger partial charge in [0.1, 0.15) is 24.4 Å². The number of aliphatic hydroxyl groups is 5. The number of hydrogen-bond donors (Lipinski definition) is 6. The minimum atomic E-state index is -1.56. The monoisotopic (exact) mass is 672 g/mol. The van der Waals surface area contributed by atoms with Crippen molar-refractivity contribution in [3.05, 3.63) is 12.2 Å². The lowest BCUT2D eigenvalue weighted by atomic mass is 9.99. The van der Waals surface area contributed by atoms with Gasteiger partial charge in [-0.1, -0.05) is 154 Å². The Kier molecular flexibility index (Phi) is 27.9. The Bertz CT molecular complexity index is 751. The van der Waals surface area contributed by atoms with Gasteiger partial charge in [0.05, 0.1) is 25.4 Å². The van der Waals surface area contributed by atoms with Crippen LogP contribution in [0.15, 0.2) is 12.2 Å². The quantitative estimate of drug-likeness (QED) is 0.0357. The van der Waals surface area contributed by atoms with Crippen LogP contribution < -0.4 is 5.32 Å². The Hall–Kier alpha value is -1.07. The fraction of sp³-hybridized carbons (Fsp3) is 0.921. The summed E-state index contributed by atoms with van der Waals surface area (Å²) in [5, 5.41) is 53.8. The molecule has 1 saturated heterocycles. The van der Waals surface area contributed by atoms with E-state index in [1.54, 1.807) is 6.08 Å². The van der Waals surface area contributed by atoms with Crippen molar-refractivity contribution >= 4 is 5.91 Å². The zero-order valence-electron chi connectivity index (χ0n) is 30.0. The van der Waals surface area contributed by atoms with Crippen LogP contribution in [0.25, 0.3) is 0 Å². The highest BCUT2D eigenvalue weighted by Crippen LogP contribution is 2.22. The van der Waals surface area contributed by atoms with E-state index in [2.05, 4.69) is 19.2 Å². The second-order valence-corrected chi connectivity index (χ2v) is 13.7. The number of carbonyl (C=O) groups is 1. The molecule has 0 bridgehead atoms. The summed E-state index contributed by atoms with van der Waals surface area (Å²) in [6, 6.07) is -0.795. The highest BCUT2D eigenvalue weighted by atomic mass is 16.7. The average molecular weight is 672 g/mol. The molecule has 0 saturated carbocycles. The molecule has 1 aliphatic heterocycles. The molecule has 1 fully saturated rings. The van der Waals surface area contributed by atoms with Gasteiger partial charge in [-0.15, -0.1) is 0 Å². The maximum Gasteiger partial charge on any atom is 0.220 e. The molecule has 1 aliphatic rings. The molecule has 9 nitrogen and oxygen atoms in total. The number of allylic oxidation sites excluding steroid dienone is 1. The van der Waals surface area contributed by atoms with E-state index in [4.69, 9.17) is 9.47 Å². The molecule has 1 amide bonds. The number of aliphatic hydroxyl groups excluding tert-OH is 5. The number of hydrogen-bond acceptors (Lipinski definition) is 8. The smallest absolute Gasteiger partial charge is 0.220 e. The van der Waals surface area contributed by atoms with Gasteiger partial charge in [-0.25, -0.2) is 0 Å². The van der Waals surface area contributed by atoms with Gasteiger partial charge in [-0.3, -0.25) is 4.79 Å². The lowest BCUT2D eigenvalue weighted by Gasteiger charge is -2.40. The maximum atomic E-state index is 12.8. The summed E-state index contributed by atoms with van der Waals surface area (Å²) in [7, 11) is 0. The molecule has 6 N–H and O–H groups in total. The van der Waals surface area contributed by atoms with Crippen LogP contribution in [-0.2, 0) is 14.3 Å². The van der Waals surface area contributed by atoms with Crippen molar-refractivity contribution < 1.29 is 39.8 Å². The maximum absolute atomic E-state index is 12.8. The lowest BCUT2D eigenvalue weighted by Crippen LogP contribution is -2.60. The predicted octanol–water partition coefficient (Wildman–Crippen LogP) is 6.61. The first-order chi connectivity index (χ1) is 22.8. The van der Waals surface area contributed by atoms with Crippen LogP contribution in [0.4, 0.5) is 0 Å². The molecular formula is C38H73NO8. The van der Waals surface area contributed by atoms with Gasteiger partial charge in [0, 0.05) is 6.42 Å². The van der Waals surface area contributed by atoms with E-state index in [1.165, 1.54) is 109 Å². The van der Waals surface area contributed by atoms with Gasteiger partial charge in [-0.05, 0) is 19.3 Å². The molecule has 1 heterocycles. The Balaban J connectivity index is 2.46. The summed E-state index contributed by atoms with van der Waals surface area (Å²) in [5.41, 5.74) is 0. The van der Waals surface area contributed by atoms with Gasteiger partial charge in [0.25, 0.3) is 0 Å². The summed E-state index contributed by atoms with van der Waals surface area (Å²) < 4.78 is 11.1. The molecule has 0 aromatic heterocycles. The van der Waals surface area contributed by atoms with Gasteiger partial charge < -0.3 is 40.3 Å². The topological polar surface area (TPSA) is 149 Å². The van der Waals surface area contributed by atoms with Crippen molar-refractivity contribution in [1.29, 1.82) is 0 Å². The molecule has 0 aromatic carbocycles. The van der Waals surface area contributed by atoms with Gasteiger partial charge >= 0.3 is 0 Å². The highest BCUT2D eigenvalue weighted by Gasteiger charge is 2.44. The minimum Gasteiger partial charge on any atom is -0.394 e. The van der Waals surface area contributed by atoms with Crippen molar-refractivity contribution in [2.24, 2.45) is 0 Å². The van der Waals surface area contributed by atoms with Crippen LogP contribution in [-0.4, -0.2) is 87.5 Å². The van der Waals surface area contributed by atoms with Crippen molar-refractivity contribution in [2.75, 3.05) is 13.2 Å². The first-order valence-corrected chi connectivity index (χ1v) is 19.4. The molecule has 9 heteroatoms. The molecule has 1 rings (SSSR count). The van der Waals surface area contributed by atoms with Crippen LogP contribution in [0.2, 0.25) is 0 Å². The molecular weight excluding hydrogens is 598 g/mol. The fourth-order valence-electron chi connectivity index (χ4n) is 6.15. The van der Waals surface area contributed by atoms with Crippen LogP contribution in [0.5, 0.6) is 0 Å². The third-order valence-corrected chi connectivity index (χ3v) is 9.36. The van der Waals surface area contributed by atoms with Crippen LogP contribution in [0.3, 0.4) is 0 Å². The number of unbranched alkanes of at least 4 members (excludes halogenated alkanes) is 21. The summed E-state index contributed by atoms with van der Waals surface area (Å²) in [4.78, 5) is 12.8. The third kappa shape index (κ3) is 21.6. The van der Waals surface area contributed by atoms with Crippen molar-refractivity contribution in [1.82, 2.24) is 5.32 Å². The predicted molar refractivity (Wildman–Crippen MR) is 189 cm³/mol. The Morgan fingerprint density at radius 3 is 1.66 bits per heavy atom. The number of nitrogens with one attached hydrogen (secondary N) is 1. The first-order valence-electron chi connectivity index (χ1n) is 19.4. The van der Waals surface area contributed by atoms with E-state index in [9.17, 15) is 30.3 Å². The summed E-state index contributed by atoms with van der Waals surface area (Å²) in [6.45, 7) is 3.73. The highest BCUT2D eigenvalue weighted by molar-refractivity contribution is 5.76. The van der Waals surface area contributed by atoms with E-state index in [0.29, 0.717) is 6.42 Å². The van der Waals surface area contributed by atoms with Crippen LogP contribution in [0.1, 0.15) is 168 Å². The average Bonchev–Trinajstić information content (AvgIpc) is 3.07. The molecule has 0 radical (unpaired) electrons. The second kappa shape index (κ2) is 29.8. The number of rotatable bonds is 31. The van der Waals surface area contributed by atoms with Crippen molar-refractivity contribution in [2.45, 2.75) is 211 Å². The minimum absolute atomic E-state index is 0.180. The summed E-state index contributed by atoms with van der Waals surface area (Å²) in [5.74, 6) is -0.180. The first kappa shape index (κ1) is 44.0. The SMILES string of the molecule is CCCCCCCCCCCCCC/C=C/C(O)C(COC1OC(CO)C(O)C(O)C1O)NC(=O)CCCCCCCCCCCC. The van der Waals surface area contributed by atoms with E-state index in [0.717, 1.165) is 38.5 Å². The van der Waals surface area contributed by atoms with Crippen molar-refractivity contribution in [3.8, 4) is 0 Å². The summed E-state index contributed by atoms with van der Waals surface area (Å²) >= 11 is 0.